The van der Waals surface area contributed by atoms with Crippen molar-refractivity contribution < 1.29 is 4.42 Å². The third-order valence-electron chi connectivity index (χ3n) is 4.26. The van der Waals surface area contributed by atoms with Crippen LogP contribution in [0.3, 0.4) is 0 Å². The molecule has 1 fully saturated rings. The summed E-state index contributed by atoms with van der Waals surface area (Å²) < 4.78 is 5.81. The summed E-state index contributed by atoms with van der Waals surface area (Å²) in [6.07, 6.45) is 1.20. The first kappa shape index (κ1) is 14.1. The Morgan fingerprint density at radius 2 is 2.27 bits per heavy atom. The van der Waals surface area contributed by atoms with Crippen LogP contribution in [-0.4, -0.2) is 27.7 Å². The summed E-state index contributed by atoms with van der Waals surface area (Å²) in [7, 11) is 0. The van der Waals surface area contributed by atoms with Gasteiger partial charge in [-0.05, 0) is 53.1 Å². The van der Waals surface area contributed by atoms with Gasteiger partial charge in [0.2, 0.25) is 5.89 Å². The van der Waals surface area contributed by atoms with Crippen molar-refractivity contribution in [2.45, 2.75) is 31.8 Å². The summed E-state index contributed by atoms with van der Waals surface area (Å²) in [5.41, 5.74) is 1.46. The van der Waals surface area contributed by atoms with E-state index in [2.05, 4.69) is 38.8 Å². The molecule has 1 saturated heterocycles. The number of hydrogen-bond donors (Lipinski definition) is 0. The van der Waals surface area contributed by atoms with Crippen LogP contribution in [0.1, 0.15) is 30.7 Å². The molecule has 3 aromatic heterocycles. The monoisotopic (exact) mass is 331 g/mol. The van der Waals surface area contributed by atoms with Crippen molar-refractivity contribution in [2.24, 2.45) is 0 Å². The SMILES string of the molecule is C[C@@H]1C[C@@H](c2ccsc2)CN1Cc1nnc(-c2cccs2)o1. The predicted molar refractivity (Wildman–Crippen MR) is 89.2 cm³/mol. The number of rotatable bonds is 4. The molecule has 0 unspecified atom stereocenters. The molecule has 0 aliphatic carbocycles. The Hall–Kier alpha value is -1.50. The van der Waals surface area contributed by atoms with Gasteiger partial charge in [-0.25, -0.2) is 0 Å². The van der Waals surface area contributed by atoms with Crippen LogP contribution in [-0.2, 0) is 6.54 Å². The van der Waals surface area contributed by atoms with Crippen LogP contribution in [0.25, 0.3) is 10.8 Å². The van der Waals surface area contributed by atoms with Gasteiger partial charge < -0.3 is 4.42 Å². The first-order chi connectivity index (χ1) is 10.8. The third kappa shape index (κ3) is 2.74. The van der Waals surface area contributed by atoms with Gasteiger partial charge in [0.05, 0.1) is 11.4 Å². The van der Waals surface area contributed by atoms with E-state index in [0.717, 1.165) is 18.0 Å². The Balaban J connectivity index is 1.45. The van der Waals surface area contributed by atoms with Crippen LogP contribution in [0.2, 0.25) is 0 Å². The molecule has 0 radical (unpaired) electrons. The van der Waals surface area contributed by atoms with E-state index >= 15 is 0 Å². The number of hydrogen-bond acceptors (Lipinski definition) is 6. The van der Waals surface area contributed by atoms with E-state index in [1.165, 1.54) is 12.0 Å². The van der Waals surface area contributed by atoms with Gasteiger partial charge in [-0.2, -0.15) is 11.3 Å². The number of thiophene rings is 2. The maximum absolute atomic E-state index is 5.81. The molecule has 0 N–H and O–H groups in total. The smallest absolute Gasteiger partial charge is 0.257 e. The molecule has 0 amide bonds. The Morgan fingerprint density at radius 3 is 3.05 bits per heavy atom. The third-order valence-corrected chi connectivity index (χ3v) is 5.81. The summed E-state index contributed by atoms with van der Waals surface area (Å²) in [4.78, 5) is 3.47. The minimum atomic E-state index is 0.544. The normalized spacial score (nSPS) is 22.4. The van der Waals surface area contributed by atoms with Gasteiger partial charge in [-0.3, -0.25) is 4.90 Å². The lowest BCUT2D eigenvalue weighted by atomic mass is 10.00. The van der Waals surface area contributed by atoms with Gasteiger partial charge in [0.1, 0.15) is 0 Å². The van der Waals surface area contributed by atoms with E-state index in [1.54, 1.807) is 22.7 Å². The van der Waals surface area contributed by atoms with Crippen molar-refractivity contribution in [3.63, 3.8) is 0 Å². The summed E-state index contributed by atoms with van der Waals surface area (Å²) in [6, 6.07) is 6.79. The largest absolute Gasteiger partial charge is 0.419 e. The molecule has 0 aromatic carbocycles. The molecule has 1 aliphatic rings. The van der Waals surface area contributed by atoms with E-state index in [1.807, 2.05) is 17.5 Å². The van der Waals surface area contributed by atoms with Crippen LogP contribution in [0.4, 0.5) is 0 Å². The fourth-order valence-corrected chi connectivity index (χ4v) is 4.45. The van der Waals surface area contributed by atoms with Crippen LogP contribution in [0.15, 0.2) is 38.8 Å². The molecule has 3 aromatic rings. The van der Waals surface area contributed by atoms with Gasteiger partial charge in [0.15, 0.2) is 0 Å². The summed E-state index contributed by atoms with van der Waals surface area (Å²) in [5, 5.41) is 14.8. The molecular formula is C16H17N3OS2. The van der Waals surface area contributed by atoms with Crippen molar-refractivity contribution in [1.82, 2.24) is 15.1 Å². The zero-order valence-electron chi connectivity index (χ0n) is 12.3. The fourth-order valence-electron chi connectivity index (χ4n) is 3.06. The highest BCUT2D eigenvalue weighted by atomic mass is 32.1. The molecule has 0 bridgehead atoms. The minimum Gasteiger partial charge on any atom is -0.419 e. The maximum Gasteiger partial charge on any atom is 0.257 e. The van der Waals surface area contributed by atoms with E-state index in [-0.39, 0.29) is 0 Å². The Labute approximate surface area is 137 Å². The average Bonchev–Trinajstić information content (AvgIpc) is 3.28. The lowest BCUT2D eigenvalue weighted by Gasteiger charge is -2.18. The fraction of sp³-hybridized carbons (Fsp3) is 0.375. The molecule has 4 nitrogen and oxygen atoms in total. The van der Waals surface area contributed by atoms with Crippen LogP contribution >= 0.6 is 22.7 Å². The minimum absolute atomic E-state index is 0.544. The molecule has 22 heavy (non-hydrogen) atoms. The van der Waals surface area contributed by atoms with E-state index in [4.69, 9.17) is 4.42 Å². The number of likely N-dealkylation sites (tertiary alicyclic amines) is 1. The molecule has 0 saturated carbocycles. The Bertz CT molecular complexity index is 721. The van der Waals surface area contributed by atoms with Crippen molar-refractivity contribution in [1.29, 1.82) is 0 Å². The molecule has 2 atom stereocenters. The lowest BCUT2D eigenvalue weighted by molar-refractivity contribution is 0.233. The van der Waals surface area contributed by atoms with Crippen molar-refractivity contribution >= 4 is 22.7 Å². The molecule has 114 valence electrons. The Kier molecular flexibility index (Phi) is 3.82. The highest BCUT2D eigenvalue weighted by molar-refractivity contribution is 7.13. The molecule has 1 aliphatic heterocycles. The summed E-state index contributed by atoms with van der Waals surface area (Å²) in [5.74, 6) is 1.97. The first-order valence-corrected chi connectivity index (χ1v) is 9.24. The first-order valence-electron chi connectivity index (χ1n) is 7.42. The van der Waals surface area contributed by atoms with Crippen molar-refractivity contribution in [3.05, 3.63) is 45.8 Å². The van der Waals surface area contributed by atoms with E-state index < -0.39 is 0 Å². The summed E-state index contributed by atoms with van der Waals surface area (Å²) in [6.45, 7) is 4.08. The molecule has 6 heteroatoms. The molecule has 0 spiro atoms. The lowest BCUT2D eigenvalue weighted by Crippen LogP contribution is -2.26. The van der Waals surface area contributed by atoms with Crippen molar-refractivity contribution in [3.8, 4) is 10.8 Å². The topological polar surface area (TPSA) is 42.2 Å². The Morgan fingerprint density at radius 1 is 1.32 bits per heavy atom. The van der Waals surface area contributed by atoms with Gasteiger partial charge in [0.25, 0.3) is 5.89 Å². The predicted octanol–water partition coefficient (Wildman–Crippen LogP) is 4.24. The van der Waals surface area contributed by atoms with E-state index in [0.29, 0.717) is 23.7 Å². The molecule has 4 rings (SSSR count). The average molecular weight is 331 g/mol. The molecule has 4 heterocycles. The van der Waals surface area contributed by atoms with Gasteiger partial charge in [-0.1, -0.05) is 6.07 Å². The second-order valence-corrected chi connectivity index (χ2v) is 7.47. The van der Waals surface area contributed by atoms with Gasteiger partial charge in [-0.15, -0.1) is 21.5 Å². The van der Waals surface area contributed by atoms with E-state index in [9.17, 15) is 0 Å². The highest BCUT2D eigenvalue weighted by Gasteiger charge is 2.31. The zero-order valence-corrected chi connectivity index (χ0v) is 13.9. The van der Waals surface area contributed by atoms with Crippen molar-refractivity contribution in [2.75, 3.05) is 6.54 Å². The number of nitrogens with zero attached hydrogens (tertiary/aromatic N) is 3. The second-order valence-electron chi connectivity index (χ2n) is 5.75. The quantitative estimate of drug-likeness (QED) is 0.717. The van der Waals surface area contributed by atoms with Gasteiger partial charge >= 0.3 is 0 Å². The van der Waals surface area contributed by atoms with Gasteiger partial charge in [0, 0.05) is 12.6 Å². The second kappa shape index (κ2) is 5.95. The highest BCUT2D eigenvalue weighted by Crippen LogP contribution is 2.33. The summed E-state index contributed by atoms with van der Waals surface area (Å²) >= 11 is 3.40. The zero-order chi connectivity index (χ0) is 14.9. The number of aromatic nitrogens is 2. The van der Waals surface area contributed by atoms with Crippen LogP contribution < -0.4 is 0 Å². The maximum atomic E-state index is 5.81. The van der Waals surface area contributed by atoms with Crippen LogP contribution in [0.5, 0.6) is 0 Å². The molecular weight excluding hydrogens is 314 g/mol. The standard InChI is InChI=1S/C16H17N3OS2/c1-11-7-13(12-4-6-21-10-12)8-19(11)9-15-17-18-16(20-15)14-3-2-5-22-14/h2-6,10-11,13H,7-9H2,1H3/t11-,13-/m1/s1. The van der Waals surface area contributed by atoms with Crippen LogP contribution in [0, 0.1) is 0 Å².